The van der Waals surface area contributed by atoms with E-state index in [1.165, 1.54) is 0 Å². The molecule has 2 aromatic heterocycles. The molecular weight excluding hydrogens is 425 g/mol. The van der Waals surface area contributed by atoms with E-state index in [0.717, 1.165) is 29.0 Å². The van der Waals surface area contributed by atoms with E-state index in [4.69, 9.17) is 5.73 Å². The van der Waals surface area contributed by atoms with E-state index in [2.05, 4.69) is 4.98 Å². The number of hydrogen-bond donors (Lipinski definition) is 2. The van der Waals surface area contributed by atoms with Gasteiger partial charge in [0.2, 0.25) is 5.43 Å². The largest absolute Gasteiger partial charge is 0.477 e. The molecule has 1 aromatic carbocycles. The van der Waals surface area contributed by atoms with Gasteiger partial charge in [-0.25, -0.2) is 22.9 Å². The van der Waals surface area contributed by atoms with Crippen molar-refractivity contribution in [3.63, 3.8) is 0 Å². The lowest BCUT2D eigenvalue weighted by atomic mass is 9.88. The van der Waals surface area contributed by atoms with Gasteiger partial charge in [0, 0.05) is 30.9 Å². The highest BCUT2D eigenvalue weighted by molar-refractivity contribution is 5.92. The molecule has 3 heterocycles. The number of fused-ring (bicyclic) bond motifs is 1. The summed E-state index contributed by atoms with van der Waals surface area (Å²) in [5.74, 6) is -4.18. The third-order valence-corrected chi connectivity index (χ3v) is 5.85. The summed E-state index contributed by atoms with van der Waals surface area (Å²) in [6.07, 6.45) is 1.62. The van der Waals surface area contributed by atoms with Crippen LogP contribution >= 0.6 is 0 Å². The van der Waals surface area contributed by atoms with E-state index in [1.54, 1.807) is 4.90 Å². The lowest BCUT2D eigenvalue weighted by molar-refractivity contribution is 0.0695. The first-order chi connectivity index (χ1) is 15.0. The maximum atomic E-state index is 15.0. The first kappa shape index (κ1) is 21.8. The van der Waals surface area contributed by atoms with Crippen LogP contribution in [0, 0.1) is 23.4 Å². The lowest BCUT2D eigenvalue weighted by Gasteiger charge is -2.27. The molecule has 168 valence electrons. The van der Waals surface area contributed by atoms with Crippen LogP contribution in [-0.2, 0) is 0 Å². The van der Waals surface area contributed by atoms with Crippen LogP contribution in [0.1, 0.15) is 30.6 Å². The van der Waals surface area contributed by atoms with Crippen LogP contribution in [0.3, 0.4) is 0 Å². The minimum Gasteiger partial charge on any atom is -0.477 e. The molecule has 32 heavy (non-hydrogen) atoms. The molecule has 4 rings (SSSR count). The average Bonchev–Trinajstić information content (AvgIpc) is 3.19. The molecule has 0 aliphatic carbocycles. The molecule has 7 nitrogen and oxygen atoms in total. The molecule has 3 N–H and O–H groups in total. The Labute approximate surface area is 180 Å². The predicted molar refractivity (Wildman–Crippen MR) is 113 cm³/mol. The Kier molecular flexibility index (Phi) is 5.20. The summed E-state index contributed by atoms with van der Waals surface area (Å²) in [4.78, 5) is 30.2. The summed E-state index contributed by atoms with van der Waals surface area (Å²) in [6, 6.07) is 3.61. The number of nitrogens with two attached hydrogens (primary N) is 1. The van der Waals surface area contributed by atoms with Crippen molar-refractivity contribution in [2.75, 3.05) is 18.0 Å². The van der Waals surface area contributed by atoms with E-state index < -0.39 is 40.0 Å². The Hall–Kier alpha value is -3.40. The number of carbonyl (C=O) groups is 1. The average molecular weight is 446 g/mol. The second kappa shape index (κ2) is 7.63. The van der Waals surface area contributed by atoms with Crippen molar-refractivity contribution in [3.8, 4) is 5.69 Å². The summed E-state index contributed by atoms with van der Waals surface area (Å²) in [7, 11) is 0. The topological polar surface area (TPSA) is 101 Å². The van der Waals surface area contributed by atoms with Gasteiger partial charge in [-0.2, -0.15) is 0 Å². The zero-order valence-corrected chi connectivity index (χ0v) is 17.4. The summed E-state index contributed by atoms with van der Waals surface area (Å²) in [5.41, 5.74) is 3.68. The highest BCUT2D eigenvalue weighted by Crippen LogP contribution is 2.31. The van der Waals surface area contributed by atoms with Crippen LogP contribution in [0.4, 0.5) is 19.0 Å². The Morgan fingerprint density at radius 2 is 1.94 bits per heavy atom. The monoisotopic (exact) mass is 446 g/mol. The van der Waals surface area contributed by atoms with Crippen molar-refractivity contribution in [2.24, 2.45) is 11.7 Å². The molecule has 3 aromatic rings. The zero-order valence-electron chi connectivity index (χ0n) is 17.4. The summed E-state index contributed by atoms with van der Waals surface area (Å²) >= 11 is 0. The summed E-state index contributed by atoms with van der Waals surface area (Å²) in [5, 5.41) is 9.08. The Balaban J connectivity index is 1.96. The molecule has 1 atom stereocenters. The molecule has 0 spiro atoms. The van der Waals surface area contributed by atoms with Gasteiger partial charge in [0.05, 0.1) is 11.1 Å². The molecule has 1 aliphatic heterocycles. The third kappa shape index (κ3) is 3.70. The molecule has 10 heteroatoms. The maximum Gasteiger partial charge on any atom is 0.341 e. The quantitative estimate of drug-likeness (QED) is 0.639. The van der Waals surface area contributed by atoms with Crippen LogP contribution in [0.2, 0.25) is 0 Å². The Morgan fingerprint density at radius 1 is 1.22 bits per heavy atom. The molecule has 0 amide bonds. The first-order valence-corrected chi connectivity index (χ1v) is 9.96. The Bertz CT molecular complexity index is 1300. The van der Waals surface area contributed by atoms with Gasteiger partial charge < -0.3 is 15.7 Å². The number of halogens is 3. The molecular formula is C22H21F3N4O3. The van der Waals surface area contributed by atoms with Crippen LogP contribution in [0.5, 0.6) is 0 Å². The fourth-order valence-corrected chi connectivity index (χ4v) is 4.01. The fraction of sp³-hybridized carbons (Fsp3) is 0.318. The number of aromatic nitrogens is 2. The summed E-state index contributed by atoms with van der Waals surface area (Å²) < 4.78 is 44.0. The number of carboxylic acid groups (broad SMARTS) is 1. The number of aromatic carboxylic acids is 1. The third-order valence-electron chi connectivity index (χ3n) is 5.85. The van der Waals surface area contributed by atoms with Crippen molar-refractivity contribution < 1.29 is 23.1 Å². The van der Waals surface area contributed by atoms with Crippen LogP contribution in [-0.4, -0.2) is 39.3 Å². The fourth-order valence-electron chi connectivity index (χ4n) is 4.01. The zero-order chi connectivity index (χ0) is 23.4. The van der Waals surface area contributed by atoms with Crippen molar-refractivity contribution in [3.05, 3.63) is 63.7 Å². The molecule has 1 fully saturated rings. The Morgan fingerprint density at radius 3 is 2.53 bits per heavy atom. The van der Waals surface area contributed by atoms with Gasteiger partial charge in [0.15, 0.2) is 17.3 Å². The van der Waals surface area contributed by atoms with Gasteiger partial charge in [0.1, 0.15) is 17.2 Å². The normalized spacial score (nSPS) is 16.7. The molecule has 0 radical (unpaired) electrons. The van der Waals surface area contributed by atoms with Gasteiger partial charge in [0.25, 0.3) is 0 Å². The number of nitrogens with zero attached hydrogens (tertiary/aromatic N) is 3. The first-order valence-electron chi connectivity index (χ1n) is 9.96. The van der Waals surface area contributed by atoms with E-state index in [-0.39, 0.29) is 28.5 Å². The van der Waals surface area contributed by atoms with Crippen LogP contribution in [0.25, 0.3) is 16.7 Å². The van der Waals surface area contributed by atoms with Crippen LogP contribution in [0.15, 0.2) is 35.3 Å². The number of benzene rings is 1. The van der Waals surface area contributed by atoms with E-state index >= 15 is 4.39 Å². The molecule has 0 bridgehead atoms. The smallest absolute Gasteiger partial charge is 0.341 e. The van der Waals surface area contributed by atoms with Gasteiger partial charge in [-0.1, -0.05) is 0 Å². The van der Waals surface area contributed by atoms with E-state index in [0.29, 0.717) is 25.6 Å². The lowest BCUT2D eigenvalue weighted by Crippen LogP contribution is -2.42. The molecule has 1 aliphatic rings. The van der Waals surface area contributed by atoms with Crippen molar-refractivity contribution in [2.45, 2.75) is 25.8 Å². The minimum absolute atomic E-state index is 0.0528. The molecule has 1 saturated heterocycles. The number of anilines is 1. The number of carboxylic acids is 1. The van der Waals surface area contributed by atoms with Crippen LogP contribution < -0.4 is 16.1 Å². The van der Waals surface area contributed by atoms with Crippen molar-refractivity contribution >= 4 is 22.8 Å². The SMILES string of the molecule is CC(C)(N)[C@H]1CCN(c2nc3c(cc2F)c(=O)c(C(=O)O)cn3-c2ccc(F)cc2F)C1. The second-order valence-electron chi connectivity index (χ2n) is 8.56. The van der Waals surface area contributed by atoms with Crippen molar-refractivity contribution in [1.29, 1.82) is 0 Å². The number of hydrogen-bond acceptors (Lipinski definition) is 5. The maximum absolute atomic E-state index is 15.0. The summed E-state index contributed by atoms with van der Waals surface area (Å²) in [6.45, 7) is 4.67. The standard InChI is InChI=1S/C22H21F3N4O3/c1-22(2,26)11-5-6-28(9-11)20-16(25)8-13-18(30)14(21(31)32)10-29(19(13)27-20)17-4-3-12(23)7-15(17)24/h3-4,7-8,10-11H,5-6,9,26H2,1-2H3,(H,31,32)/t11-/m0/s1. The van der Waals surface area contributed by atoms with Crippen molar-refractivity contribution in [1.82, 2.24) is 9.55 Å². The predicted octanol–water partition coefficient (Wildman–Crippen LogP) is 3.06. The second-order valence-corrected chi connectivity index (χ2v) is 8.56. The van der Waals surface area contributed by atoms with Gasteiger partial charge in [-0.3, -0.25) is 9.36 Å². The molecule has 0 unspecified atom stereocenters. The van der Waals surface area contributed by atoms with Gasteiger partial charge in [-0.05, 0) is 44.4 Å². The highest BCUT2D eigenvalue weighted by atomic mass is 19.1. The molecule has 0 saturated carbocycles. The number of pyridine rings is 2. The van der Waals surface area contributed by atoms with E-state index in [9.17, 15) is 23.5 Å². The minimum atomic E-state index is -1.56. The number of rotatable bonds is 4. The van der Waals surface area contributed by atoms with Gasteiger partial charge in [-0.15, -0.1) is 0 Å². The van der Waals surface area contributed by atoms with E-state index in [1.807, 2.05) is 13.8 Å². The van der Waals surface area contributed by atoms with Gasteiger partial charge >= 0.3 is 5.97 Å². The highest BCUT2D eigenvalue weighted by Gasteiger charge is 2.34.